The Labute approximate surface area is 58.5 Å². The third kappa shape index (κ3) is 0.978. The van der Waals surface area contributed by atoms with Crippen LogP contribution in [0.5, 0.6) is 17.2 Å². The molecule has 1 aromatic rings. The maximum Gasteiger partial charge on any atom is 0.200 e. The lowest BCUT2D eigenvalue weighted by molar-refractivity contribution is 0.370. The maximum absolute atomic E-state index is 8.98. The Hall–Kier alpha value is -1.38. The molecule has 0 heterocycles. The van der Waals surface area contributed by atoms with Crippen LogP contribution in [0.3, 0.4) is 0 Å². The largest absolute Gasteiger partial charge is 0.504 e. The van der Waals surface area contributed by atoms with Crippen molar-refractivity contribution in [3.8, 4) is 17.2 Å². The molecular formula is C7H7O3. The van der Waals surface area contributed by atoms with E-state index >= 15 is 0 Å². The highest BCUT2D eigenvalue weighted by Gasteiger charge is 2.03. The number of hydrogen-bond acceptors (Lipinski definition) is 3. The molecule has 0 spiro atoms. The van der Waals surface area contributed by atoms with E-state index in [1.807, 2.05) is 0 Å². The summed E-state index contributed by atoms with van der Waals surface area (Å²) in [6.45, 7) is 0. The van der Waals surface area contributed by atoms with Gasteiger partial charge in [-0.15, -0.1) is 0 Å². The van der Waals surface area contributed by atoms with E-state index in [9.17, 15) is 0 Å². The summed E-state index contributed by atoms with van der Waals surface area (Å²) in [7, 11) is 3.09. The third-order valence-electron chi connectivity index (χ3n) is 1.13. The van der Waals surface area contributed by atoms with Gasteiger partial charge in [0, 0.05) is 0 Å². The second-order valence-corrected chi connectivity index (χ2v) is 1.77. The number of phenols is 2. The standard InChI is InChI=1S/C7H7O3/c1-10-6-4-2-3-5(8)7(6)9/h2-4,8-9H,1H2. The zero-order valence-electron chi connectivity index (χ0n) is 5.24. The molecule has 0 bridgehead atoms. The lowest BCUT2D eigenvalue weighted by atomic mass is 10.3. The van der Waals surface area contributed by atoms with E-state index < -0.39 is 0 Å². The number of aromatic hydroxyl groups is 2. The van der Waals surface area contributed by atoms with E-state index in [-0.39, 0.29) is 17.2 Å². The molecule has 0 fully saturated rings. The molecule has 0 aliphatic heterocycles. The molecule has 0 aliphatic carbocycles. The topological polar surface area (TPSA) is 49.7 Å². The van der Waals surface area contributed by atoms with Crippen LogP contribution in [0, 0.1) is 7.11 Å². The number of benzene rings is 1. The van der Waals surface area contributed by atoms with Gasteiger partial charge >= 0.3 is 0 Å². The van der Waals surface area contributed by atoms with Crippen LogP contribution in [-0.2, 0) is 0 Å². The summed E-state index contributed by atoms with van der Waals surface area (Å²) < 4.78 is 4.47. The molecule has 2 N–H and O–H groups in total. The molecule has 3 heteroatoms. The molecule has 0 aromatic heterocycles. The summed E-state index contributed by atoms with van der Waals surface area (Å²) >= 11 is 0. The third-order valence-corrected chi connectivity index (χ3v) is 1.13. The summed E-state index contributed by atoms with van der Waals surface area (Å²) in [6.07, 6.45) is 0. The minimum atomic E-state index is -0.280. The zero-order chi connectivity index (χ0) is 7.56. The first-order valence-electron chi connectivity index (χ1n) is 2.68. The summed E-state index contributed by atoms with van der Waals surface area (Å²) in [6, 6.07) is 4.41. The summed E-state index contributed by atoms with van der Waals surface area (Å²) in [4.78, 5) is 0. The van der Waals surface area contributed by atoms with Crippen molar-refractivity contribution in [3.63, 3.8) is 0 Å². The number of phenolic OH excluding ortho intramolecular Hbond substituents is 2. The Kier molecular flexibility index (Phi) is 1.67. The molecule has 3 nitrogen and oxygen atoms in total. The summed E-state index contributed by atoms with van der Waals surface area (Å²) in [5.74, 6) is -0.321. The lowest BCUT2D eigenvalue weighted by Crippen LogP contribution is -1.79. The maximum atomic E-state index is 8.98. The minimum Gasteiger partial charge on any atom is -0.504 e. The molecule has 1 radical (unpaired) electrons. The van der Waals surface area contributed by atoms with Gasteiger partial charge in [0.15, 0.2) is 11.5 Å². The average molecular weight is 139 g/mol. The van der Waals surface area contributed by atoms with Crippen molar-refractivity contribution in [2.45, 2.75) is 0 Å². The van der Waals surface area contributed by atoms with Gasteiger partial charge in [-0.25, -0.2) is 0 Å². The van der Waals surface area contributed by atoms with Crippen LogP contribution in [0.25, 0.3) is 0 Å². The Morgan fingerprint density at radius 2 is 2.00 bits per heavy atom. The van der Waals surface area contributed by atoms with Crippen LogP contribution in [0.15, 0.2) is 18.2 Å². The fourth-order valence-electron chi connectivity index (χ4n) is 0.627. The molecule has 1 aromatic carbocycles. The van der Waals surface area contributed by atoms with Crippen LogP contribution >= 0.6 is 0 Å². The average Bonchev–Trinajstić information content (AvgIpc) is 1.95. The van der Waals surface area contributed by atoms with Crippen molar-refractivity contribution in [3.05, 3.63) is 25.3 Å². The SMILES string of the molecule is [CH2]Oc1cccc(O)c1O. The van der Waals surface area contributed by atoms with Gasteiger partial charge in [-0.2, -0.15) is 0 Å². The van der Waals surface area contributed by atoms with Crippen LogP contribution in [0.2, 0.25) is 0 Å². The van der Waals surface area contributed by atoms with Gasteiger partial charge in [0.05, 0.1) is 0 Å². The van der Waals surface area contributed by atoms with Crippen LogP contribution in [0.4, 0.5) is 0 Å². The highest BCUT2D eigenvalue weighted by molar-refractivity contribution is 5.48. The first kappa shape index (κ1) is 6.74. The highest BCUT2D eigenvalue weighted by atomic mass is 16.5. The molecule has 0 atom stereocenters. The van der Waals surface area contributed by atoms with Gasteiger partial charge in [0.2, 0.25) is 5.75 Å². The molecule has 0 aliphatic rings. The van der Waals surface area contributed by atoms with Crippen LogP contribution in [-0.4, -0.2) is 10.2 Å². The van der Waals surface area contributed by atoms with Gasteiger partial charge in [-0.3, -0.25) is 0 Å². The molecule has 0 unspecified atom stereocenters. The van der Waals surface area contributed by atoms with Crippen molar-refractivity contribution in [2.24, 2.45) is 0 Å². The Morgan fingerprint density at radius 3 is 2.50 bits per heavy atom. The summed E-state index contributed by atoms with van der Waals surface area (Å²) in [5.41, 5.74) is 0. The minimum absolute atomic E-state index is 0.167. The highest BCUT2D eigenvalue weighted by Crippen LogP contribution is 2.33. The Morgan fingerprint density at radius 1 is 1.30 bits per heavy atom. The number of rotatable bonds is 1. The van der Waals surface area contributed by atoms with E-state index in [4.69, 9.17) is 10.2 Å². The first-order valence-corrected chi connectivity index (χ1v) is 2.68. The van der Waals surface area contributed by atoms with Gasteiger partial charge in [0.1, 0.15) is 7.11 Å². The van der Waals surface area contributed by atoms with Crippen molar-refractivity contribution >= 4 is 0 Å². The smallest absolute Gasteiger partial charge is 0.200 e. The molecule has 0 amide bonds. The van der Waals surface area contributed by atoms with Gasteiger partial charge < -0.3 is 14.9 Å². The van der Waals surface area contributed by atoms with Crippen LogP contribution < -0.4 is 4.74 Å². The second-order valence-electron chi connectivity index (χ2n) is 1.77. The van der Waals surface area contributed by atoms with Crippen molar-refractivity contribution in [1.82, 2.24) is 0 Å². The van der Waals surface area contributed by atoms with Crippen molar-refractivity contribution in [2.75, 3.05) is 0 Å². The van der Waals surface area contributed by atoms with Gasteiger partial charge in [-0.05, 0) is 12.1 Å². The lowest BCUT2D eigenvalue weighted by Gasteiger charge is -2.02. The molecular weight excluding hydrogens is 132 g/mol. The van der Waals surface area contributed by atoms with E-state index in [0.717, 1.165) is 0 Å². The first-order chi connectivity index (χ1) is 4.75. The quantitative estimate of drug-likeness (QED) is 0.576. The fraction of sp³-hybridized carbons (Fsp3) is 0. The fourth-order valence-corrected chi connectivity index (χ4v) is 0.627. The normalized spacial score (nSPS) is 9.30. The predicted molar refractivity (Wildman–Crippen MR) is 35.8 cm³/mol. The van der Waals surface area contributed by atoms with Gasteiger partial charge in [0.25, 0.3) is 0 Å². The predicted octanol–water partition coefficient (Wildman–Crippen LogP) is 1.27. The van der Waals surface area contributed by atoms with Crippen molar-refractivity contribution < 1.29 is 14.9 Å². The Bertz CT molecular complexity index is 232. The van der Waals surface area contributed by atoms with E-state index in [2.05, 4.69) is 11.8 Å². The van der Waals surface area contributed by atoms with Crippen LogP contribution in [0.1, 0.15) is 0 Å². The zero-order valence-corrected chi connectivity index (χ0v) is 5.24. The second kappa shape index (κ2) is 2.47. The molecule has 0 saturated carbocycles. The van der Waals surface area contributed by atoms with E-state index in [1.165, 1.54) is 12.1 Å². The summed E-state index contributed by atoms with van der Waals surface area (Å²) in [5, 5.41) is 17.9. The molecule has 53 valence electrons. The van der Waals surface area contributed by atoms with E-state index in [1.54, 1.807) is 6.07 Å². The number of para-hydroxylation sites is 1. The Balaban J connectivity index is 3.14. The molecule has 10 heavy (non-hydrogen) atoms. The monoisotopic (exact) mass is 139 g/mol. The molecule has 1 rings (SSSR count). The van der Waals surface area contributed by atoms with Crippen molar-refractivity contribution in [1.29, 1.82) is 0 Å². The number of hydrogen-bond donors (Lipinski definition) is 2. The van der Waals surface area contributed by atoms with E-state index in [0.29, 0.717) is 0 Å². The molecule has 0 saturated heterocycles. The number of ether oxygens (including phenoxy) is 1. The van der Waals surface area contributed by atoms with Gasteiger partial charge in [-0.1, -0.05) is 6.07 Å².